The third-order valence-electron chi connectivity index (χ3n) is 3.04. The molecule has 0 aliphatic carbocycles. The Labute approximate surface area is 122 Å². The first-order valence-electron chi connectivity index (χ1n) is 6.51. The zero-order valence-corrected chi connectivity index (χ0v) is 12.1. The summed E-state index contributed by atoms with van der Waals surface area (Å²) >= 11 is 0. The van der Waals surface area contributed by atoms with Crippen molar-refractivity contribution in [3.05, 3.63) is 41.5 Å². The molecule has 1 atom stereocenters. The number of amides is 2. The lowest BCUT2D eigenvalue weighted by atomic mass is 10.1. The molecule has 110 valence electrons. The van der Waals surface area contributed by atoms with Crippen LogP contribution >= 0.6 is 0 Å². The molecule has 2 rings (SSSR count). The van der Waals surface area contributed by atoms with Crippen molar-refractivity contribution >= 4 is 17.5 Å². The van der Waals surface area contributed by atoms with Gasteiger partial charge in [-0.2, -0.15) is 5.10 Å². The fraction of sp³-hybridized carbons (Fsp3) is 0.286. The van der Waals surface area contributed by atoms with Gasteiger partial charge in [0.05, 0.1) is 6.04 Å². The van der Waals surface area contributed by atoms with Crippen molar-refractivity contribution in [2.75, 3.05) is 5.32 Å². The third-order valence-corrected chi connectivity index (χ3v) is 3.04. The average molecular weight is 287 g/mol. The van der Waals surface area contributed by atoms with E-state index in [4.69, 9.17) is 0 Å². The molecular weight excluding hydrogens is 270 g/mol. The molecule has 0 fully saturated rings. The summed E-state index contributed by atoms with van der Waals surface area (Å²) in [7, 11) is 0. The molecule has 2 aromatic rings. The number of aryl methyl sites for hydroxylation is 2. The molecule has 2 amide bonds. The van der Waals surface area contributed by atoms with Crippen LogP contribution in [0.4, 0.5) is 5.69 Å². The molecule has 21 heavy (non-hydrogen) atoms. The van der Waals surface area contributed by atoms with Crippen LogP contribution in [-0.2, 0) is 9.59 Å². The first-order valence-corrected chi connectivity index (χ1v) is 6.51. The summed E-state index contributed by atoms with van der Waals surface area (Å²) in [6.45, 7) is 5.49. The topological polar surface area (TPSA) is 99.8 Å². The van der Waals surface area contributed by atoms with Gasteiger partial charge in [-0.15, -0.1) is 0 Å². The minimum atomic E-state index is -0.722. The van der Waals surface area contributed by atoms with Crippen molar-refractivity contribution in [3.8, 4) is 0 Å². The number of carbonyl (C=O) groups excluding carboxylic acids is 2. The highest BCUT2D eigenvalue weighted by atomic mass is 16.2. The van der Waals surface area contributed by atoms with E-state index in [1.165, 1.54) is 6.33 Å². The molecule has 0 saturated heterocycles. The second-order valence-corrected chi connectivity index (χ2v) is 4.84. The van der Waals surface area contributed by atoms with Gasteiger partial charge in [-0.3, -0.25) is 14.7 Å². The van der Waals surface area contributed by atoms with Crippen LogP contribution in [0.2, 0.25) is 0 Å². The summed E-state index contributed by atoms with van der Waals surface area (Å²) in [5.74, 6) is -0.947. The zero-order chi connectivity index (χ0) is 15.4. The molecule has 1 aromatic heterocycles. The van der Waals surface area contributed by atoms with Gasteiger partial charge in [0.15, 0.2) is 0 Å². The second kappa shape index (κ2) is 6.17. The number of rotatable bonds is 3. The van der Waals surface area contributed by atoms with Gasteiger partial charge in [-0.05, 0) is 38.0 Å². The van der Waals surface area contributed by atoms with E-state index >= 15 is 0 Å². The largest absolute Gasteiger partial charge is 0.338 e. The Hall–Kier alpha value is -2.70. The molecule has 7 heteroatoms. The van der Waals surface area contributed by atoms with Crippen molar-refractivity contribution in [2.45, 2.75) is 26.8 Å². The van der Waals surface area contributed by atoms with E-state index in [9.17, 15) is 9.59 Å². The van der Waals surface area contributed by atoms with Crippen molar-refractivity contribution in [3.63, 3.8) is 0 Å². The van der Waals surface area contributed by atoms with Crippen molar-refractivity contribution in [2.24, 2.45) is 0 Å². The van der Waals surface area contributed by atoms with Gasteiger partial charge in [0.1, 0.15) is 12.2 Å². The number of carbonyl (C=O) groups is 2. The smallest absolute Gasteiger partial charge is 0.313 e. The van der Waals surface area contributed by atoms with E-state index in [1.807, 2.05) is 32.0 Å². The monoisotopic (exact) mass is 287 g/mol. The molecule has 0 aliphatic rings. The molecule has 0 saturated carbocycles. The summed E-state index contributed by atoms with van der Waals surface area (Å²) < 4.78 is 0. The number of nitrogens with one attached hydrogen (secondary N) is 3. The fourth-order valence-electron chi connectivity index (χ4n) is 1.80. The molecule has 0 aliphatic heterocycles. The lowest BCUT2D eigenvalue weighted by molar-refractivity contribution is -0.136. The predicted octanol–water partition coefficient (Wildman–Crippen LogP) is 1.24. The summed E-state index contributed by atoms with van der Waals surface area (Å²) in [5, 5.41) is 11.5. The van der Waals surface area contributed by atoms with Gasteiger partial charge in [-0.1, -0.05) is 12.1 Å². The number of hydrogen-bond acceptors (Lipinski definition) is 4. The summed E-state index contributed by atoms with van der Waals surface area (Å²) in [6, 6.07) is 5.22. The van der Waals surface area contributed by atoms with Gasteiger partial charge < -0.3 is 10.6 Å². The van der Waals surface area contributed by atoms with Gasteiger partial charge in [0, 0.05) is 5.69 Å². The number of aromatic nitrogens is 3. The molecule has 0 spiro atoms. The Morgan fingerprint density at radius 2 is 2.00 bits per heavy atom. The minimum absolute atomic E-state index is 0.427. The maximum Gasteiger partial charge on any atom is 0.313 e. The van der Waals surface area contributed by atoms with Gasteiger partial charge >= 0.3 is 11.8 Å². The number of hydrogen-bond donors (Lipinski definition) is 3. The van der Waals surface area contributed by atoms with Gasteiger partial charge in [0.2, 0.25) is 0 Å². The molecule has 3 N–H and O–H groups in total. The summed E-state index contributed by atoms with van der Waals surface area (Å²) in [5.41, 5.74) is 2.53. The molecular formula is C14H17N5O2. The minimum Gasteiger partial charge on any atom is -0.338 e. The maximum atomic E-state index is 11.9. The molecule has 0 unspecified atom stereocenters. The lowest BCUT2D eigenvalue weighted by Gasteiger charge is -2.12. The quantitative estimate of drug-likeness (QED) is 0.739. The number of benzene rings is 1. The third kappa shape index (κ3) is 3.65. The zero-order valence-electron chi connectivity index (χ0n) is 12.1. The Kier molecular flexibility index (Phi) is 4.32. The van der Waals surface area contributed by atoms with Crippen LogP contribution in [0.25, 0.3) is 0 Å². The molecule has 1 heterocycles. The Bertz CT molecular complexity index is 651. The molecule has 1 aromatic carbocycles. The van der Waals surface area contributed by atoms with Crippen molar-refractivity contribution in [1.82, 2.24) is 20.5 Å². The highest BCUT2D eigenvalue weighted by Gasteiger charge is 2.19. The van der Waals surface area contributed by atoms with Crippen LogP contribution in [0.5, 0.6) is 0 Å². The first-order chi connectivity index (χ1) is 9.97. The van der Waals surface area contributed by atoms with Crippen molar-refractivity contribution in [1.29, 1.82) is 0 Å². The second-order valence-electron chi connectivity index (χ2n) is 4.84. The number of aromatic amines is 1. The van der Waals surface area contributed by atoms with Gasteiger partial charge in [-0.25, -0.2) is 4.98 Å². The van der Waals surface area contributed by atoms with Crippen LogP contribution in [-0.4, -0.2) is 27.0 Å². The van der Waals surface area contributed by atoms with Crippen LogP contribution in [0, 0.1) is 13.8 Å². The first kappa shape index (κ1) is 14.7. The van der Waals surface area contributed by atoms with Crippen molar-refractivity contribution < 1.29 is 9.59 Å². The van der Waals surface area contributed by atoms with E-state index in [2.05, 4.69) is 25.8 Å². The van der Waals surface area contributed by atoms with Crippen LogP contribution < -0.4 is 10.6 Å². The van der Waals surface area contributed by atoms with Gasteiger partial charge in [0.25, 0.3) is 0 Å². The standard InChI is InChI=1S/C14H17N5O2/c1-8-4-5-9(2)11(6-8)18-14(21)13(20)17-10(3)12-15-7-16-19-12/h4-7,10H,1-3H3,(H,17,20)(H,18,21)(H,15,16,19)/t10-/m0/s1. The molecule has 0 bridgehead atoms. The van der Waals surface area contributed by atoms with E-state index in [0.717, 1.165) is 11.1 Å². The van der Waals surface area contributed by atoms with E-state index in [-0.39, 0.29) is 0 Å². The summed E-state index contributed by atoms with van der Waals surface area (Å²) in [4.78, 5) is 27.7. The average Bonchev–Trinajstić information content (AvgIpc) is 2.97. The number of nitrogens with zero attached hydrogens (tertiary/aromatic N) is 2. The van der Waals surface area contributed by atoms with E-state index < -0.39 is 17.9 Å². The summed E-state index contributed by atoms with van der Waals surface area (Å²) in [6.07, 6.45) is 1.34. The van der Waals surface area contributed by atoms with E-state index in [1.54, 1.807) is 6.92 Å². The lowest BCUT2D eigenvalue weighted by Crippen LogP contribution is -2.37. The fourth-order valence-corrected chi connectivity index (χ4v) is 1.80. The number of H-pyrrole nitrogens is 1. The highest BCUT2D eigenvalue weighted by Crippen LogP contribution is 2.16. The normalized spacial score (nSPS) is 11.8. The van der Waals surface area contributed by atoms with Crippen LogP contribution in [0.1, 0.15) is 29.9 Å². The Balaban J connectivity index is 2.00. The highest BCUT2D eigenvalue weighted by molar-refractivity contribution is 6.39. The maximum absolute atomic E-state index is 11.9. The molecule has 7 nitrogen and oxygen atoms in total. The van der Waals surface area contributed by atoms with Crippen LogP contribution in [0.3, 0.4) is 0 Å². The van der Waals surface area contributed by atoms with E-state index in [0.29, 0.717) is 11.5 Å². The molecule has 0 radical (unpaired) electrons. The Morgan fingerprint density at radius 3 is 2.67 bits per heavy atom. The number of anilines is 1. The SMILES string of the molecule is Cc1ccc(C)c(NC(=O)C(=O)N[C@@H](C)c2ncn[nH]2)c1. The predicted molar refractivity (Wildman–Crippen MR) is 77.5 cm³/mol. The Morgan fingerprint density at radius 1 is 1.24 bits per heavy atom. The van der Waals surface area contributed by atoms with Crippen LogP contribution in [0.15, 0.2) is 24.5 Å².